The first-order chi connectivity index (χ1) is 11.4. The molecule has 0 spiro atoms. The Morgan fingerprint density at radius 2 is 2.25 bits per heavy atom. The molecule has 126 valence electrons. The molecule has 0 atom stereocenters. The normalized spacial score (nSPS) is 11.6. The van der Waals surface area contributed by atoms with Gasteiger partial charge in [0.15, 0.2) is 5.69 Å². The topological polar surface area (TPSA) is 88.5 Å². The van der Waals surface area contributed by atoms with Crippen LogP contribution in [-0.2, 0) is 6.54 Å². The molecule has 0 unspecified atom stereocenters. The fourth-order valence-corrected chi connectivity index (χ4v) is 2.57. The van der Waals surface area contributed by atoms with Crippen LogP contribution in [0.15, 0.2) is 30.0 Å². The number of nitrogens with one attached hydrogen (secondary N) is 2. The molecule has 0 aliphatic rings. The molecular formula is C13H11F3N6OS. The van der Waals surface area contributed by atoms with E-state index in [4.69, 9.17) is 0 Å². The Morgan fingerprint density at radius 3 is 2.96 bits per heavy atom. The molecule has 0 bridgehead atoms. The Bertz CT molecular complexity index is 823. The van der Waals surface area contributed by atoms with Crippen LogP contribution in [0.4, 0.5) is 18.9 Å². The maximum Gasteiger partial charge on any atom is 0.390 e. The van der Waals surface area contributed by atoms with Crippen LogP contribution < -0.4 is 5.32 Å². The lowest BCUT2D eigenvalue weighted by molar-refractivity contribution is -0.137. The molecule has 3 aromatic rings. The number of aromatic amines is 1. The molecule has 7 nitrogen and oxygen atoms in total. The lowest BCUT2D eigenvalue weighted by Gasteiger charge is -2.05. The SMILES string of the molecule is O=C(Nc1cn[nH]c1-c1nccs1)c1ccn(CCC(F)(F)F)n1. The van der Waals surface area contributed by atoms with E-state index < -0.39 is 18.5 Å². The number of aryl methyl sites for hydroxylation is 1. The number of hydrogen-bond donors (Lipinski definition) is 2. The Balaban J connectivity index is 1.68. The third kappa shape index (κ3) is 3.79. The number of carbonyl (C=O) groups excluding carboxylic acids is 1. The summed E-state index contributed by atoms with van der Waals surface area (Å²) in [4.78, 5) is 16.3. The van der Waals surface area contributed by atoms with Gasteiger partial charge in [-0.1, -0.05) is 0 Å². The molecule has 24 heavy (non-hydrogen) atoms. The van der Waals surface area contributed by atoms with Crippen molar-refractivity contribution in [3.63, 3.8) is 0 Å². The second-order valence-electron chi connectivity index (χ2n) is 4.78. The van der Waals surface area contributed by atoms with Crippen LogP contribution in [0.25, 0.3) is 10.7 Å². The predicted octanol–water partition coefficient (Wildman–Crippen LogP) is 2.93. The summed E-state index contributed by atoms with van der Waals surface area (Å²) in [5.74, 6) is -0.542. The largest absolute Gasteiger partial charge is 0.390 e. The number of aromatic nitrogens is 5. The van der Waals surface area contributed by atoms with Gasteiger partial charge in [0.1, 0.15) is 10.7 Å². The lowest BCUT2D eigenvalue weighted by Crippen LogP contribution is -2.15. The minimum Gasteiger partial charge on any atom is -0.317 e. The highest BCUT2D eigenvalue weighted by Gasteiger charge is 2.27. The van der Waals surface area contributed by atoms with Crippen molar-refractivity contribution in [1.29, 1.82) is 0 Å². The zero-order valence-electron chi connectivity index (χ0n) is 12.0. The quantitative estimate of drug-likeness (QED) is 0.736. The Labute approximate surface area is 137 Å². The fraction of sp³-hybridized carbons (Fsp3) is 0.231. The zero-order valence-corrected chi connectivity index (χ0v) is 12.9. The van der Waals surface area contributed by atoms with Gasteiger partial charge in [-0.15, -0.1) is 11.3 Å². The third-order valence-electron chi connectivity index (χ3n) is 3.03. The van der Waals surface area contributed by atoms with Gasteiger partial charge in [0.25, 0.3) is 5.91 Å². The van der Waals surface area contributed by atoms with Crippen LogP contribution in [0.2, 0.25) is 0 Å². The van der Waals surface area contributed by atoms with E-state index in [2.05, 4.69) is 25.6 Å². The first-order valence-electron chi connectivity index (χ1n) is 6.77. The van der Waals surface area contributed by atoms with E-state index >= 15 is 0 Å². The number of nitrogens with zero attached hydrogens (tertiary/aromatic N) is 4. The molecule has 0 fully saturated rings. The summed E-state index contributed by atoms with van der Waals surface area (Å²) >= 11 is 1.37. The molecule has 2 N–H and O–H groups in total. The minimum atomic E-state index is -4.27. The lowest BCUT2D eigenvalue weighted by atomic mass is 10.3. The van der Waals surface area contributed by atoms with Crippen molar-refractivity contribution in [3.8, 4) is 10.7 Å². The summed E-state index contributed by atoms with van der Waals surface area (Å²) in [6.07, 6.45) is -0.902. The van der Waals surface area contributed by atoms with Gasteiger partial charge in [0, 0.05) is 24.3 Å². The molecule has 1 amide bonds. The monoisotopic (exact) mass is 356 g/mol. The van der Waals surface area contributed by atoms with E-state index in [1.807, 2.05) is 0 Å². The van der Waals surface area contributed by atoms with E-state index in [-0.39, 0.29) is 12.2 Å². The van der Waals surface area contributed by atoms with Crippen molar-refractivity contribution >= 4 is 22.9 Å². The molecule has 3 rings (SSSR count). The molecule has 0 saturated carbocycles. The van der Waals surface area contributed by atoms with Crippen LogP contribution in [-0.4, -0.2) is 37.0 Å². The number of anilines is 1. The number of H-pyrrole nitrogens is 1. The van der Waals surface area contributed by atoms with E-state index in [0.717, 1.165) is 4.68 Å². The van der Waals surface area contributed by atoms with Gasteiger partial charge < -0.3 is 5.32 Å². The molecule has 3 aromatic heterocycles. The molecule has 3 heterocycles. The van der Waals surface area contributed by atoms with Crippen LogP contribution in [0.5, 0.6) is 0 Å². The van der Waals surface area contributed by atoms with Gasteiger partial charge in [-0.05, 0) is 6.07 Å². The smallest absolute Gasteiger partial charge is 0.317 e. The van der Waals surface area contributed by atoms with Crippen molar-refractivity contribution in [2.75, 3.05) is 5.32 Å². The van der Waals surface area contributed by atoms with Crippen molar-refractivity contribution in [2.45, 2.75) is 19.1 Å². The van der Waals surface area contributed by atoms with Gasteiger partial charge in [-0.25, -0.2) is 4.98 Å². The Hall–Kier alpha value is -2.69. The number of halogens is 3. The van der Waals surface area contributed by atoms with Crippen molar-refractivity contribution in [1.82, 2.24) is 25.0 Å². The summed E-state index contributed by atoms with van der Waals surface area (Å²) in [5, 5.41) is 15.5. The summed E-state index contributed by atoms with van der Waals surface area (Å²) in [5.41, 5.74) is 0.984. The van der Waals surface area contributed by atoms with Gasteiger partial charge in [-0.3, -0.25) is 14.6 Å². The second-order valence-corrected chi connectivity index (χ2v) is 5.67. The number of hydrogen-bond acceptors (Lipinski definition) is 5. The van der Waals surface area contributed by atoms with E-state index in [9.17, 15) is 18.0 Å². The molecule has 0 aliphatic heterocycles. The van der Waals surface area contributed by atoms with Crippen molar-refractivity contribution in [3.05, 3.63) is 35.7 Å². The fourth-order valence-electron chi connectivity index (χ4n) is 1.93. The average molecular weight is 356 g/mol. The van der Waals surface area contributed by atoms with Gasteiger partial charge in [-0.2, -0.15) is 23.4 Å². The molecule has 0 aromatic carbocycles. The van der Waals surface area contributed by atoms with Crippen LogP contribution in [0.3, 0.4) is 0 Å². The van der Waals surface area contributed by atoms with Crippen molar-refractivity contribution < 1.29 is 18.0 Å². The summed E-state index contributed by atoms with van der Waals surface area (Å²) in [6, 6.07) is 1.36. The summed E-state index contributed by atoms with van der Waals surface area (Å²) < 4.78 is 37.7. The van der Waals surface area contributed by atoms with Gasteiger partial charge in [0.2, 0.25) is 0 Å². The molecule has 11 heteroatoms. The van der Waals surface area contributed by atoms with E-state index in [1.165, 1.54) is 29.8 Å². The van der Waals surface area contributed by atoms with Crippen molar-refractivity contribution in [2.24, 2.45) is 0 Å². The highest BCUT2D eigenvalue weighted by Crippen LogP contribution is 2.27. The summed E-state index contributed by atoms with van der Waals surface area (Å²) in [6.45, 7) is -0.340. The maximum atomic E-state index is 12.2. The zero-order chi connectivity index (χ0) is 17.2. The minimum absolute atomic E-state index is 0.0171. The highest BCUT2D eigenvalue weighted by atomic mass is 32.1. The maximum absolute atomic E-state index is 12.2. The number of carbonyl (C=O) groups is 1. The van der Waals surface area contributed by atoms with E-state index in [0.29, 0.717) is 16.4 Å². The predicted molar refractivity (Wildman–Crippen MR) is 80.5 cm³/mol. The molecule has 0 radical (unpaired) electrons. The highest BCUT2D eigenvalue weighted by molar-refractivity contribution is 7.13. The van der Waals surface area contributed by atoms with Crippen LogP contribution >= 0.6 is 11.3 Å². The number of alkyl halides is 3. The number of amides is 1. The third-order valence-corrected chi connectivity index (χ3v) is 3.82. The first kappa shape index (κ1) is 16.2. The molecule has 0 aliphatic carbocycles. The number of rotatable bonds is 5. The van der Waals surface area contributed by atoms with Gasteiger partial charge >= 0.3 is 6.18 Å². The molecular weight excluding hydrogens is 345 g/mol. The van der Waals surface area contributed by atoms with Gasteiger partial charge in [0.05, 0.1) is 18.3 Å². The first-order valence-corrected chi connectivity index (χ1v) is 7.65. The Kier molecular flexibility index (Phi) is 4.34. The average Bonchev–Trinajstić information content (AvgIpc) is 3.25. The van der Waals surface area contributed by atoms with E-state index in [1.54, 1.807) is 11.6 Å². The number of thiazole rings is 1. The van der Waals surface area contributed by atoms with Crippen LogP contribution in [0, 0.1) is 0 Å². The second kappa shape index (κ2) is 6.43. The summed E-state index contributed by atoms with van der Waals surface area (Å²) in [7, 11) is 0. The molecule has 0 saturated heterocycles. The van der Waals surface area contributed by atoms with Crippen LogP contribution in [0.1, 0.15) is 16.9 Å². The standard InChI is InChI=1S/C13H11F3N6OS/c14-13(15,16)2-5-22-4-1-8(21-22)11(23)19-9-7-18-20-10(9)12-17-3-6-24-12/h1,3-4,6-7H,2,5H2,(H,18,20)(H,19,23). The Morgan fingerprint density at radius 1 is 1.42 bits per heavy atom.